The van der Waals surface area contributed by atoms with Crippen molar-refractivity contribution in [3.05, 3.63) is 40.4 Å². The maximum absolute atomic E-state index is 11.7. The second-order valence-electron chi connectivity index (χ2n) is 4.79. The van der Waals surface area contributed by atoms with Crippen molar-refractivity contribution in [1.82, 2.24) is 10.6 Å². The summed E-state index contributed by atoms with van der Waals surface area (Å²) in [6, 6.07) is 5.35. The molecule has 0 saturated carbocycles. The molecule has 1 heterocycles. The highest BCUT2D eigenvalue weighted by Crippen LogP contribution is 2.20. The van der Waals surface area contributed by atoms with Gasteiger partial charge < -0.3 is 15.4 Å². The first kappa shape index (κ1) is 17.8. The van der Waals surface area contributed by atoms with E-state index >= 15 is 0 Å². The lowest BCUT2D eigenvalue weighted by molar-refractivity contribution is -0.122. The van der Waals surface area contributed by atoms with Crippen LogP contribution in [0.15, 0.2) is 29.8 Å². The highest BCUT2D eigenvalue weighted by Gasteiger charge is 2.07. The number of hydrogen-bond donors (Lipinski definition) is 2. The minimum atomic E-state index is -0.114. The standard InChI is InChI=1S/C15H19ClN2O2.ClH/c1-11-8-13(2-3-14(11)16)20-10-15(19)18-9-12-4-6-17-7-5-12;/h2-4,8,17H,5-7,9-10H2,1H3,(H,18,19);1H. The summed E-state index contributed by atoms with van der Waals surface area (Å²) in [4.78, 5) is 11.7. The predicted molar refractivity (Wildman–Crippen MR) is 87.5 cm³/mol. The van der Waals surface area contributed by atoms with Crippen LogP contribution in [0.2, 0.25) is 5.02 Å². The van der Waals surface area contributed by atoms with Crippen LogP contribution in [0.3, 0.4) is 0 Å². The third kappa shape index (κ3) is 5.96. The molecule has 0 aliphatic carbocycles. The number of rotatable bonds is 5. The van der Waals surface area contributed by atoms with Crippen molar-refractivity contribution >= 4 is 29.9 Å². The number of hydrogen-bond acceptors (Lipinski definition) is 3. The molecule has 1 aromatic carbocycles. The van der Waals surface area contributed by atoms with E-state index in [1.807, 2.05) is 13.0 Å². The number of carbonyl (C=O) groups excluding carboxylic acids is 1. The Labute approximate surface area is 136 Å². The van der Waals surface area contributed by atoms with Gasteiger partial charge in [0, 0.05) is 18.1 Å². The molecule has 6 heteroatoms. The van der Waals surface area contributed by atoms with Crippen LogP contribution in [-0.2, 0) is 4.79 Å². The molecule has 0 atom stereocenters. The van der Waals surface area contributed by atoms with E-state index in [9.17, 15) is 4.79 Å². The Balaban J connectivity index is 0.00000220. The normalized spacial score (nSPS) is 13.9. The Morgan fingerprint density at radius 1 is 1.48 bits per heavy atom. The SMILES string of the molecule is Cc1cc(OCC(=O)NCC2=CCNCC2)ccc1Cl.Cl. The number of aryl methyl sites for hydroxylation is 1. The maximum Gasteiger partial charge on any atom is 0.258 e. The summed E-state index contributed by atoms with van der Waals surface area (Å²) in [5, 5.41) is 6.79. The minimum Gasteiger partial charge on any atom is -0.484 e. The lowest BCUT2D eigenvalue weighted by atomic mass is 10.1. The van der Waals surface area contributed by atoms with Gasteiger partial charge in [-0.2, -0.15) is 0 Å². The van der Waals surface area contributed by atoms with Gasteiger partial charge in [0.1, 0.15) is 5.75 Å². The highest BCUT2D eigenvalue weighted by atomic mass is 35.5. The fourth-order valence-corrected chi connectivity index (χ4v) is 2.07. The van der Waals surface area contributed by atoms with Crippen LogP contribution < -0.4 is 15.4 Å². The fourth-order valence-electron chi connectivity index (χ4n) is 1.95. The van der Waals surface area contributed by atoms with Gasteiger partial charge in [-0.3, -0.25) is 4.79 Å². The average Bonchev–Trinajstić information content (AvgIpc) is 2.47. The molecule has 2 rings (SSSR count). The van der Waals surface area contributed by atoms with Crippen LogP contribution in [0.1, 0.15) is 12.0 Å². The zero-order valence-electron chi connectivity index (χ0n) is 11.9. The Kier molecular flexibility index (Phi) is 7.57. The van der Waals surface area contributed by atoms with Crippen molar-refractivity contribution in [2.24, 2.45) is 0 Å². The van der Waals surface area contributed by atoms with Gasteiger partial charge in [-0.15, -0.1) is 12.4 Å². The van der Waals surface area contributed by atoms with E-state index < -0.39 is 0 Å². The second-order valence-corrected chi connectivity index (χ2v) is 5.20. The monoisotopic (exact) mass is 330 g/mol. The van der Waals surface area contributed by atoms with Crippen molar-refractivity contribution < 1.29 is 9.53 Å². The molecule has 0 saturated heterocycles. The summed E-state index contributed by atoms with van der Waals surface area (Å²) in [5.41, 5.74) is 2.20. The zero-order valence-corrected chi connectivity index (χ0v) is 13.5. The van der Waals surface area contributed by atoms with Gasteiger partial charge in [0.15, 0.2) is 6.61 Å². The Bertz CT molecular complexity index is 518. The molecule has 21 heavy (non-hydrogen) atoms. The summed E-state index contributed by atoms with van der Waals surface area (Å²) < 4.78 is 5.44. The van der Waals surface area contributed by atoms with E-state index in [0.29, 0.717) is 17.3 Å². The number of amides is 1. The van der Waals surface area contributed by atoms with E-state index in [1.165, 1.54) is 5.57 Å². The van der Waals surface area contributed by atoms with Crippen LogP contribution in [0.25, 0.3) is 0 Å². The molecule has 0 fully saturated rings. The molecular weight excluding hydrogens is 311 g/mol. The molecule has 0 spiro atoms. The zero-order chi connectivity index (χ0) is 14.4. The van der Waals surface area contributed by atoms with E-state index in [0.717, 1.165) is 25.1 Å². The third-order valence-electron chi connectivity index (χ3n) is 3.17. The topological polar surface area (TPSA) is 50.4 Å². The van der Waals surface area contributed by atoms with Crippen LogP contribution in [0, 0.1) is 6.92 Å². The molecule has 1 aliphatic rings. The van der Waals surface area contributed by atoms with E-state index in [-0.39, 0.29) is 24.9 Å². The number of ether oxygens (including phenoxy) is 1. The molecule has 0 aromatic heterocycles. The van der Waals surface area contributed by atoms with E-state index in [2.05, 4.69) is 16.7 Å². The van der Waals surface area contributed by atoms with Crippen molar-refractivity contribution in [2.75, 3.05) is 26.2 Å². The van der Waals surface area contributed by atoms with Gasteiger partial charge in [0.2, 0.25) is 0 Å². The molecule has 4 nitrogen and oxygen atoms in total. The number of carbonyl (C=O) groups is 1. The largest absolute Gasteiger partial charge is 0.484 e. The number of halogens is 2. The van der Waals surface area contributed by atoms with Crippen molar-refractivity contribution in [3.8, 4) is 5.75 Å². The van der Waals surface area contributed by atoms with Gasteiger partial charge in [0.25, 0.3) is 5.91 Å². The predicted octanol–water partition coefficient (Wildman–Crippen LogP) is 2.48. The quantitative estimate of drug-likeness (QED) is 0.815. The van der Waals surface area contributed by atoms with Gasteiger partial charge in [0.05, 0.1) is 0 Å². The molecule has 1 amide bonds. The number of benzene rings is 1. The van der Waals surface area contributed by atoms with Crippen LogP contribution in [0.5, 0.6) is 5.75 Å². The van der Waals surface area contributed by atoms with Gasteiger partial charge in [-0.25, -0.2) is 0 Å². The Morgan fingerprint density at radius 3 is 2.95 bits per heavy atom. The minimum absolute atomic E-state index is 0. The van der Waals surface area contributed by atoms with Crippen LogP contribution >= 0.6 is 24.0 Å². The molecule has 116 valence electrons. The molecule has 0 unspecified atom stereocenters. The molecule has 1 aliphatic heterocycles. The summed E-state index contributed by atoms with van der Waals surface area (Å²) in [6.45, 7) is 4.38. The van der Waals surface area contributed by atoms with Crippen molar-refractivity contribution in [2.45, 2.75) is 13.3 Å². The number of nitrogens with one attached hydrogen (secondary N) is 2. The van der Waals surface area contributed by atoms with Crippen LogP contribution in [-0.4, -0.2) is 32.1 Å². The van der Waals surface area contributed by atoms with Gasteiger partial charge >= 0.3 is 0 Å². The molecular formula is C15H20Cl2N2O2. The Morgan fingerprint density at radius 2 is 2.29 bits per heavy atom. The maximum atomic E-state index is 11.7. The van der Waals surface area contributed by atoms with Crippen molar-refractivity contribution in [1.29, 1.82) is 0 Å². The third-order valence-corrected chi connectivity index (χ3v) is 3.59. The Hall–Kier alpha value is -1.23. The lowest BCUT2D eigenvalue weighted by Gasteiger charge is -2.14. The molecule has 0 bridgehead atoms. The summed E-state index contributed by atoms with van der Waals surface area (Å²) >= 11 is 5.93. The van der Waals surface area contributed by atoms with Gasteiger partial charge in [-0.1, -0.05) is 23.3 Å². The van der Waals surface area contributed by atoms with E-state index in [1.54, 1.807) is 12.1 Å². The molecule has 2 N–H and O–H groups in total. The molecule has 1 aromatic rings. The first-order valence-corrected chi connectivity index (χ1v) is 7.07. The molecule has 0 radical (unpaired) electrons. The van der Waals surface area contributed by atoms with Gasteiger partial charge in [-0.05, 0) is 43.7 Å². The first-order valence-electron chi connectivity index (χ1n) is 6.69. The highest BCUT2D eigenvalue weighted by molar-refractivity contribution is 6.31. The lowest BCUT2D eigenvalue weighted by Crippen LogP contribution is -2.32. The summed E-state index contributed by atoms with van der Waals surface area (Å²) in [7, 11) is 0. The second kappa shape index (κ2) is 8.93. The smallest absolute Gasteiger partial charge is 0.258 e. The first-order chi connectivity index (χ1) is 9.65. The fraction of sp³-hybridized carbons (Fsp3) is 0.400. The summed E-state index contributed by atoms with van der Waals surface area (Å²) in [5.74, 6) is 0.542. The average molecular weight is 331 g/mol. The summed E-state index contributed by atoms with van der Waals surface area (Å²) in [6.07, 6.45) is 3.10. The van der Waals surface area contributed by atoms with E-state index in [4.69, 9.17) is 16.3 Å². The van der Waals surface area contributed by atoms with Crippen molar-refractivity contribution in [3.63, 3.8) is 0 Å². The van der Waals surface area contributed by atoms with Crippen LogP contribution in [0.4, 0.5) is 0 Å².